The minimum atomic E-state index is -2.54. The molecule has 0 N–H and O–H groups in total. The van der Waals surface area contributed by atoms with Gasteiger partial charge in [-0.05, 0) is 6.07 Å². The van der Waals surface area contributed by atoms with E-state index < -0.39 is 18.9 Å². The Morgan fingerprint density at radius 1 is 1.69 bits per heavy atom. The van der Waals surface area contributed by atoms with Crippen LogP contribution < -0.4 is 0 Å². The van der Waals surface area contributed by atoms with E-state index in [0.717, 1.165) is 4.90 Å². The molecule has 1 aromatic rings. The standard InChI is InChI=1S/C9H12BrF2N3O/c1-14-4-2-7(13-14)9(16)15(5-3-10)6-8(11)12/h2,4,8H,3,5-6H2,1H3. The van der Waals surface area contributed by atoms with Crippen molar-refractivity contribution in [3.63, 3.8) is 0 Å². The first-order valence-electron chi connectivity index (χ1n) is 4.67. The summed E-state index contributed by atoms with van der Waals surface area (Å²) in [5.74, 6) is -0.472. The van der Waals surface area contributed by atoms with Crippen LogP contribution >= 0.6 is 15.9 Å². The van der Waals surface area contributed by atoms with Gasteiger partial charge in [0.15, 0.2) is 0 Å². The Balaban J connectivity index is 2.74. The van der Waals surface area contributed by atoms with Gasteiger partial charge in [-0.2, -0.15) is 5.10 Å². The highest BCUT2D eigenvalue weighted by molar-refractivity contribution is 9.09. The molecular weight excluding hydrogens is 284 g/mol. The molecular formula is C9H12BrF2N3O. The third-order valence-corrected chi connectivity index (χ3v) is 2.29. The highest BCUT2D eigenvalue weighted by Crippen LogP contribution is 2.06. The molecule has 0 radical (unpaired) electrons. The molecule has 7 heteroatoms. The van der Waals surface area contributed by atoms with E-state index in [1.807, 2.05) is 0 Å². The lowest BCUT2D eigenvalue weighted by atomic mass is 10.3. The van der Waals surface area contributed by atoms with Crippen molar-refractivity contribution in [3.8, 4) is 0 Å². The number of hydrogen-bond donors (Lipinski definition) is 0. The van der Waals surface area contributed by atoms with Crippen molar-refractivity contribution in [1.29, 1.82) is 0 Å². The second-order valence-corrected chi connectivity index (χ2v) is 4.00. The fourth-order valence-electron chi connectivity index (χ4n) is 1.24. The Hall–Kier alpha value is -0.980. The summed E-state index contributed by atoms with van der Waals surface area (Å²) in [6.07, 6.45) is -0.936. The smallest absolute Gasteiger partial charge is 0.274 e. The fourth-order valence-corrected chi connectivity index (χ4v) is 1.66. The van der Waals surface area contributed by atoms with Gasteiger partial charge in [-0.25, -0.2) is 8.78 Å². The minimum absolute atomic E-state index is 0.184. The molecule has 0 unspecified atom stereocenters. The van der Waals surface area contributed by atoms with Crippen molar-refractivity contribution in [1.82, 2.24) is 14.7 Å². The van der Waals surface area contributed by atoms with Gasteiger partial charge in [0.2, 0.25) is 0 Å². The SMILES string of the molecule is Cn1ccc(C(=O)N(CCBr)CC(F)F)n1. The Labute approximate surface area is 100 Å². The number of halogens is 3. The van der Waals surface area contributed by atoms with Crippen molar-refractivity contribution in [2.24, 2.45) is 7.05 Å². The van der Waals surface area contributed by atoms with Gasteiger partial charge in [0.25, 0.3) is 12.3 Å². The van der Waals surface area contributed by atoms with E-state index in [9.17, 15) is 13.6 Å². The maximum atomic E-state index is 12.3. The number of hydrogen-bond acceptors (Lipinski definition) is 2. The fraction of sp³-hybridized carbons (Fsp3) is 0.556. The normalized spacial score (nSPS) is 10.8. The third-order valence-electron chi connectivity index (χ3n) is 1.93. The predicted octanol–water partition coefficient (Wildman–Crippen LogP) is 1.52. The van der Waals surface area contributed by atoms with E-state index in [1.165, 1.54) is 10.7 Å². The van der Waals surface area contributed by atoms with Gasteiger partial charge in [0, 0.05) is 25.1 Å². The minimum Gasteiger partial charge on any atom is -0.331 e. The number of carbonyl (C=O) groups is 1. The summed E-state index contributed by atoms with van der Waals surface area (Å²) in [5.41, 5.74) is 0.184. The molecule has 90 valence electrons. The summed E-state index contributed by atoms with van der Waals surface area (Å²) in [5, 5.41) is 4.34. The molecule has 0 aliphatic heterocycles. The molecule has 1 heterocycles. The molecule has 0 bridgehead atoms. The number of aromatic nitrogens is 2. The van der Waals surface area contributed by atoms with Crippen LogP contribution in [0.2, 0.25) is 0 Å². The molecule has 4 nitrogen and oxygen atoms in total. The number of aryl methyl sites for hydroxylation is 1. The average molecular weight is 296 g/mol. The Bertz CT molecular complexity index is 356. The molecule has 0 spiro atoms. The van der Waals surface area contributed by atoms with Gasteiger partial charge in [0.05, 0.1) is 6.54 Å². The van der Waals surface area contributed by atoms with E-state index in [4.69, 9.17) is 0 Å². The summed E-state index contributed by atoms with van der Waals surface area (Å²) in [4.78, 5) is 12.9. The van der Waals surface area contributed by atoms with Gasteiger partial charge >= 0.3 is 0 Å². The molecule has 1 aromatic heterocycles. The Morgan fingerprint density at radius 2 is 2.38 bits per heavy atom. The van der Waals surface area contributed by atoms with Crippen molar-refractivity contribution in [2.75, 3.05) is 18.4 Å². The largest absolute Gasteiger partial charge is 0.331 e. The van der Waals surface area contributed by atoms with Crippen LogP contribution in [0.5, 0.6) is 0 Å². The van der Waals surface area contributed by atoms with Crippen LogP contribution in [0, 0.1) is 0 Å². The molecule has 16 heavy (non-hydrogen) atoms. The molecule has 0 aliphatic rings. The van der Waals surface area contributed by atoms with Crippen LogP contribution in [0.1, 0.15) is 10.5 Å². The summed E-state index contributed by atoms with van der Waals surface area (Å²) in [7, 11) is 1.67. The van der Waals surface area contributed by atoms with E-state index >= 15 is 0 Å². The maximum absolute atomic E-state index is 12.3. The Morgan fingerprint density at radius 3 is 2.81 bits per heavy atom. The zero-order chi connectivity index (χ0) is 12.1. The van der Waals surface area contributed by atoms with Gasteiger partial charge in [-0.1, -0.05) is 15.9 Å². The average Bonchev–Trinajstić information content (AvgIpc) is 2.62. The van der Waals surface area contributed by atoms with Gasteiger partial charge in [0.1, 0.15) is 5.69 Å². The van der Waals surface area contributed by atoms with Crippen molar-refractivity contribution in [3.05, 3.63) is 18.0 Å². The first-order valence-corrected chi connectivity index (χ1v) is 5.79. The van der Waals surface area contributed by atoms with Crippen molar-refractivity contribution in [2.45, 2.75) is 6.43 Å². The molecule has 0 fully saturated rings. The van der Waals surface area contributed by atoms with Crippen LogP contribution in [-0.4, -0.2) is 45.4 Å². The van der Waals surface area contributed by atoms with Gasteiger partial charge in [-0.15, -0.1) is 0 Å². The quantitative estimate of drug-likeness (QED) is 0.773. The number of amides is 1. The zero-order valence-corrected chi connectivity index (χ0v) is 10.3. The number of rotatable bonds is 5. The summed E-state index contributed by atoms with van der Waals surface area (Å²) in [6, 6.07) is 1.51. The predicted molar refractivity (Wildman–Crippen MR) is 58.9 cm³/mol. The van der Waals surface area contributed by atoms with E-state index in [1.54, 1.807) is 13.2 Å². The number of alkyl halides is 3. The monoisotopic (exact) mass is 295 g/mol. The van der Waals surface area contributed by atoms with E-state index in [-0.39, 0.29) is 12.2 Å². The molecule has 1 rings (SSSR count). The lowest BCUT2D eigenvalue weighted by Crippen LogP contribution is -2.36. The molecule has 0 aliphatic carbocycles. The highest BCUT2D eigenvalue weighted by atomic mass is 79.9. The van der Waals surface area contributed by atoms with Crippen molar-refractivity contribution < 1.29 is 13.6 Å². The second kappa shape index (κ2) is 5.93. The topological polar surface area (TPSA) is 38.1 Å². The van der Waals surface area contributed by atoms with Crippen LogP contribution in [-0.2, 0) is 7.05 Å². The second-order valence-electron chi connectivity index (χ2n) is 3.21. The maximum Gasteiger partial charge on any atom is 0.274 e. The van der Waals surface area contributed by atoms with E-state index in [2.05, 4.69) is 21.0 Å². The molecule has 0 saturated heterocycles. The number of nitrogens with zero attached hydrogens (tertiary/aromatic N) is 3. The van der Waals surface area contributed by atoms with Crippen LogP contribution in [0.25, 0.3) is 0 Å². The van der Waals surface area contributed by atoms with E-state index in [0.29, 0.717) is 5.33 Å². The summed E-state index contributed by atoms with van der Waals surface area (Å²) >= 11 is 3.12. The van der Waals surface area contributed by atoms with Crippen molar-refractivity contribution >= 4 is 21.8 Å². The molecule has 0 atom stereocenters. The lowest BCUT2D eigenvalue weighted by molar-refractivity contribution is 0.0567. The van der Waals surface area contributed by atoms with Crippen LogP contribution in [0.15, 0.2) is 12.3 Å². The highest BCUT2D eigenvalue weighted by Gasteiger charge is 2.20. The Kier molecular flexibility index (Phi) is 4.85. The first kappa shape index (κ1) is 13.1. The van der Waals surface area contributed by atoms with Gasteiger partial charge < -0.3 is 4.90 Å². The summed E-state index contributed by atoms with van der Waals surface area (Å²) in [6.45, 7) is -0.333. The zero-order valence-electron chi connectivity index (χ0n) is 8.74. The molecule has 0 saturated carbocycles. The molecule has 1 amide bonds. The lowest BCUT2D eigenvalue weighted by Gasteiger charge is -2.19. The number of carbonyl (C=O) groups excluding carboxylic acids is 1. The summed E-state index contributed by atoms with van der Waals surface area (Å²) < 4.78 is 26.0. The molecule has 0 aromatic carbocycles. The first-order chi connectivity index (χ1) is 7.54. The van der Waals surface area contributed by atoms with Gasteiger partial charge in [-0.3, -0.25) is 9.48 Å². The van der Waals surface area contributed by atoms with Crippen LogP contribution in [0.3, 0.4) is 0 Å². The third kappa shape index (κ3) is 3.55. The van der Waals surface area contributed by atoms with Crippen LogP contribution in [0.4, 0.5) is 8.78 Å².